The fourth-order valence-corrected chi connectivity index (χ4v) is 2.86. The average Bonchev–Trinajstić information content (AvgIpc) is 2.32. The van der Waals surface area contributed by atoms with E-state index in [2.05, 4.69) is 19.2 Å². The average molecular weight is 261 g/mol. The molecule has 0 spiro atoms. The van der Waals surface area contributed by atoms with Gasteiger partial charge in [0.1, 0.15) is 5.75 Å². The molecular formula is C16H23NO2. The zero-order chi connectivity index (χ0) is 13.9. The molecule has 0 aliphatic heterocycles. The zero-order valence-electron chi connectivity index (χ0n) is 11.8. The minimum atomic E-state index is 0.0468. The summed E-state index contributed by atoms with van der Waals surface area (Å²) in [4.78, 5) is 12.1. The van der Waals surface area contributed by atoms with Crippen LogP contribution < -0.4 is 5.32 Å². The second-order valence-electron chi connectivity index (χ2n) is 6.20. The Kier molecular flexibility index (Phi) is 4.13. The SMILES string of the molecule is CC1(C)CCCCC1NC(=O)Cc1cccc(O)c1. The van der Waals surface area contributed by atoms with Crippen molar-refractivity contribution in [3.63, 3.8) is 0 Å². The van der Waals surface area contributed by atoms with E-state index in [1.807, 2.05) is 6.07 Å². The number of aromatic hydroxyl groups is 1. The number of carbonyl (C=O) groups excluding carboxylic acids is 1. The molecule has 0 bridgehead atoms. The Bertz CT molecular complexity index is 454. The minimum absolute atomic E-state index is 0.0468. The van der Waals surface area contributed by atoms with Crippen LogP contribution in [0.3, 0.4) is 0 Å². The smallest absolute Gasteiger partial charge is 0.224 e. The van der Waals surface area contributed by atoms with E-state index in [0.717, 1.165) is 12.0 Å². The van der Waals surface area contributed by atoms with Gasteiger partial charge in [-0.15, -0.1) is 0 Å². The molecule has 0 aromatic heterocycles. The van der Waals surface area contributed by atoms with Gasteiger partial charge >= 0.3 is 0 Å². The summed E-state index contributed by atoms with van der Waals surface area (Å²) in [5.74, 6) is 0.258. The first kappa shape index (κ1) is 13.9. The van der Waals surface area contributed by atoms with E-state index >= 15 is 0 Å². The Morgan fingerprint density at radius 1 is 1.42 bits per heavy atom. The van der Waals surface area contributed by atoms with Crippen LogP contribution in [0.4, 0.5) is 0 Å². The van der Waals surface area contributed by atoms with Gasteiger partial charge in [0.15, 0.2) is 0 Å². The lowest BCUT2D eigenvalue weighted by Gasteiger charge is -2.39. The maximum Gasteiger partial charge on any atom is 0.224 e. The second-order valence-corrected chi connectivity index (χ2v) is 6.20. The van der Waals surface area contributed by atoms with Crippen molar-refractivity contribution in [2.24, 2.45) is 5.41 Å². The van der Waals surface area contributed by atoms with Crippen LogP contribution in [-0.2, 0) is 11.2 Å². The molecule has 1 aromatic carbocycles. The molecule has 1 amide bonds. The van der Waals surface area contributed by atoms with Gasteiger partial charge in [0, 0.05) is 6.04 Å². The molecule has 0 heterocycles. The molecule has 3 heteroatoms. The van der Waals surface area contributed by atoms with Crippen LogP contribution in [0.2, 0.25) is 0 Å². The highest BCUT2D eigenvalue weighted by atomic mass is 16.3. The van der Waals surface area contributed by atoms with E-state index in [4.69, 9.17) is 0 Å². The number of hydrogen-bond acceptors (Lipinski definition) is 2. The van der Waals surface area contributed by atoms with Gasteiger partial charge in [0.05, 0.1) is 6.42 Å². The molecule has 104 valence electrons. The van der Waals surface area contributed by atoms with Gasteiger partial charge in [-0.25, -0.2) is 0 Å². The Balaban J connectivity index is 1.94. The molecule has 1 saturated carbocycles. The second kappa shape index (κ2) is 5.64. The van der Waals surface area contributed by atoms with E-state index < -0.39 is 0 Å². The molecule has 2 rings (SSSR count). The fourth-order valence-electron chi connectivity index (χ4n) is 2.86. The quantitative estimate of drug-likeness (QED) is 0.878. The van der Waals surface area contributed by atoms with E-state index in [-0.39, 0.29) is 23.1 Å². The Morgan fingerprint density at radius 2 is 2.21 bits per heavy atom. The number of nitrogens with one attached hydrogen (secondary N) is 1. The van der Waals surface area contributed by atoms with Crippen molar-refractivity contribution >= 4 is 5.91 Å². The van der Waals surface area contributed by atoms with Crippen LogP contribution >= 0.6 is 0 Å². The summed E-state index contributed by atoms with van der Waals surface area (Å²) < 4.78 is 0. The van der Waals surface area contributed by atoms with Crippen LogP contribution in [0.25, 0.3) is 0 Å². The van der Waals surface area contributed by atoms with E-state index in [1.165, 1.54) is 19.3 Å². The first-order valence-corrected chi connectivity index (χ1v) is 7.05. The van der Waals surface area contributed by atoms with Crippen molar-refractivity contribution in [1.82, 2.24) is 5.32 Å². The number of phenolic OH excluding ortho intramolecular Hbond substituents is 1. The van der Waals surface area contributed by atoms with Gasteiger partial charge in [0.25, 0.3) is 0 Å². The first-order valence-electron chi connectivity index (χ1n) is 7.05. The lowest BCUT2D eigenvalue weighted by molar-refractivity contribution is -0.122. The monoisotopic (exact) mass is 261 g/mol. The first-order chi connectivity index (χ1) is 8.97. The molecule has 1 aromatic rings. The highest BCUT2D eigenvalue weighted by Gasteiger charge is 2.32. The maximum atomic E-state index is 12.1. The highest BCUT2D eigenvalue weighted by molar-refractivity contribution is 5.79. The van der Waals surface area contributed by atoms with Crippen LogP contribution in [0.5, 0.6) is 5.75 Å². The molecule has 1 aliphatic rings. The summed E-state index contributed by atoms with van der Waals surface area (Å²) in [5, 5.41) is 12.6. The Morgan fingerprint density at radius 3 is 2.89 bits per heavy atom. The third-order valence-electron chi connectivity index (χ3n) is 4.12. The van der Waals surface area contributed by atoms with Crippen LogP contribution in [0.1, 0.15) is 45.1 Å². The van der Waals surface area contributed by atoms with Gasteiger partial charge < -0.3 is 10.4 Å². The molecule has 1 fully saturated rings. The summed E-state index contributed by atoms with van der Waals surface area (Å²) in [5.41, 5.74) is 1.04. The highest BCUT2D eigenvalue weighted by Crippen LogP contribution is 2.35. The van der Waals surface area contributed by atoms with Crippen molar-refractivity contribution in [1.29, 1.82) is 0 Å². The van der Waals surface area contributed by atoms with Gasteiger partial charge in [-0.1, -0.05) is 38.8 Å². The van der Waals surface area contributed by atoms with Crippen molar-refractivity contribution < 1.29 is 9.90 Å². The van der Waals surface area contributed by atoms with Gasteiger partial charge in [-0.2, -0.15) is 0 Å². The molecule has 0 radical (unpaired) electrons. The molecule has 1 unspecified atom stereocenters. The van der Waals surface area contributed by atoms with Crippen molar-refractivity contribution in [2.75, 3.05) is 0 Å². The Labute approximate surface area is 115 Å². The molecule has 3 nitrogen and oxygen atoms in total. The summed E-state index contributed by atoms with van der Waals surface area (Å²) in [6.45, 7) is 4.46. The zero-order valence-corrected chi connectivity index (χ0v) is 11.8. The lowest BCUT2D eigenvalue weighted by Crippen LogP contribution is -2.47. The Hall–Kier alpha value is -1.51. The summed E-state index contributed by atoms with van der Waals surface area (Å²) in [6.07, 6.45) is 5.02. The van der Waals surface area contributed by atoms with Crippen molar-refractivity contribution in [3.05, 3.63) is 29.8 Å². The molecule has 2 N–H and O–H groups in total. The van der Waals surface area contributed by atoms with Crippen LogP contribution in [-0.4, -0.2) is 17.1 Å². The molecule has 0 saturated heterocycles. The third-order valence-corrected chi connectivity index (χ3v) is 4.12. The van der Waals surface area contributed by atoms with E-state index in [1.54, 1.807) is 18.2 Å². The predicted octanol–water partition coefficient (Wildman–Crippen LogP) is 3.02. The standard InChI is InChI=1S/C16H23NO2/c1-16(2)9-4-3-8-14(16)17-15(19)11-12-6-5-7-13(18)10-12/h5-7,10,14,18H,3-4,8-9,11H2,1-2H3,(H,17,19). The van der Waals surface area contributed by atoms with Crippen molar-refractivity contribution in [3.8, 4) is 5.75 Å². The fraction of sp³-hybridized carbons (Fsp3) is 0.562. The molecule has 19 heavy (non-hydrogen) atoms. The van der Waals surface area contributed by atoms with Gasteiger partial charge in [-0.05, 0) is 36.0 Å². The van der Waals surface area contributed by atoms with Crippen LogP contribution in [0, 0.1) is 5.41 Å². The molecular weight excluding hydrogens is 238 g/mol. The number of carbonyl (C=O) groups is 1. The molecule has 1 atom stereocenters. The van der Waals surface area contributed by atoms with Crippen molar-refractivity contribution in [2.45, 2.75) is 52.0 Å². The van der Waals surface area contributed by atoms with Crippen LogP contribution in [0.15, 0.2) is 24.3 Å². The van der Waals surface area contributed by atoms with Gasteiger partial charge in [-0.3, -0.25) is 4.79 Å². The summed E-state index contributed by atoms with van der Waals surface area (Å²) in [6, 6.07) is 7.16. The van der Waals surface area contributed by atoms with E-state index in [9.17, 15) is 9.90 Å². The number of benzene rings is 1. The number of amides is 1. The summed E-state index contributed by atoms with van der Waals surface area (Å²) >= 11 is 0. The number of phenols is 1. The summed E-state index contributed by atoms with van der Waals surface area (Å²) in [7, 11) is 0. The van der Waals surface area contributed by atoms with E-state index in [0.29, 0.717) is 6.42 Å². The largest absolute Gasteiger partial charge is 0.508 e. The number of hydrogen-bond donors (Lipinski definition) is 2. The molecule has 1 aliphatic carbocycles. The number of rotatable bonds is 3. The topological polar surface area (TPSA) is 49.3 Å². The third kappa shape index (κ3) is 3.72. The van der Waals surface area contributed by atoms with Gasteiger partial charge in [0.2, 0.25) is 5.91 Å². The lowest BCUT2D eigenvalue weighted by atomic mass is 9.73. The minimum Gasteiger partial charge on any atom is -0.508 e. The maximum absolute atomic E-state index is 12.1. The normalized spacial score (nSPS) is 21.9. The predicted molar refractivity (Wildman–Crippen MR) is 76.0 cm³/mol.